The molecular formula is C9H5BrN2S2. The van der Waals surface area contributed by atoms with Crippen LogP contribution in [0.15, 0.2) is 27.8 Å². The number of thiophene rings is 2. The molecule has 0 spiro atoms. The van der Waals surface area contributed by atoms with E-state index in [0.717, 1.165) is 5.69 Å². The van der Waals surface area contributed by atoms with Crippen LogP contribution in [0.25, 0.3) is 20.7 Å². The molecule has 2 nitrogen and oxygen atoms in total. The van der Waals surface area contributed by atoms with Crippen LogP contribution in [0.1, 0.15) is 0 Å². The Balaban J connectivity index is 2.32. The molecule has 0 amide bonds. The topological polar surface area (TPSA) is 28.7 Å². The highest BCUT2D eigenvalue weighted by molar-refractivity contribution is 9.10. The van der Waals surface area contributed by atoms with Crippen LogP contribution in [0.2, 0.25) is 0 Å². The normalized spacial score (nSPS) is 11.2. The molecule has 0 radical (unpaired) electrons. The fourth-order valence-electron chi connectivity index (χ4n) is 1.38. The molecule has 0 saturated heterocycles. The first kappa shape index (κ1) is 8.64. The lowest BCUT2D eigenvalue weighted by molar-refractivity contribution is 1.32. The number of halogens is 1. The summed E-state index contributed by atoms with van der Waals surface area (Å²) in [6.45, 7) is 0. The van der Waals surface area contributed by atoms with Gasteiger partial charge >= 0.3 is 0 Å². The van der Waals surface area contributed by atoms with Gasteiger partial charge in [-0.1, -0.05) is 0 Å². The molecule has 0 atom stereocenters. The van der Waals surface area contributed by atoms with E-state index >= 15 is 0 Å². The van der Waals surface area contributed by atoms with Crippen LogP contribution in [-0.4, -0.2) is 9.97 Å². The molecule has 14 heavy (non-hydrogen) atoms. The number of H-pyrrole nitrogens is 1. The molecule has 70 valence electrons. The molecule has 0 saturated carbocycles. The van der Waals surface area contributed by atoms with E-state index in [-0.39, 0.29) is 0 Å². The number of aromatic nitrogens is 2. The summed E-state index contributed by atoms with van der Waals surface area (Å²) in [5.74, 6) is 0. The highest BCUT2D eigenvalue weighted by Crippen LogP contribution is 2.41. The van der Waals surface area contributed by atoms with Crippen LogP contribution in [0.5, 0.6) is 0 Å². The lowest BCUT2D eigenvalue weighted by Gasteiger charge is -1.89. The van der Waals surface area contributed by atoms with Crippen LogP contribution in [0.4, 0.5) is 0 Å². The van der Waals surface area contributed by atoms with Gasteiger partial charge in [-0.15, -0.1) is 22.7 Å². The van der Waals surface area contributed by atoms with Gasteiger partial charge in [-0.25, -0.2) is 4.98 Å². The Morgan fingerprint density at radius 3 is 2.86 bits per heavy atom. The Kier molecular flexibility index (Phi) is 1.97. The third kappa shape index (κ3) is 1.16. The third-order valence-corrected chi connectivity index (χ3v) is 5.38. The minimum absolute atomic E-state index is 1.09. The van der Waals surface area contributed by atoms with Gasteiger partial charge < -0.3 is 4.98 Å². The van der Waals surface area contributed by atoms with Gasteiger partial charge in [-0.3, -0.25) is 0 Å². The van der Waals surface area contributed by atoms with Crippen molar-refractivity contribution in [1.82, 2.24) is 9.97 Å². The van der Waals surface area contributed by atoms with Gasteiger partial charge in [0.05, 0.1) is 27.6 Å². The van der Waals surface area contributed by atoms with E-state index in [4.69, 9.17) is 0 Å². The van der Waals surface area contributed by atoms with Crippen molar-refractivity contribution in [1.29, 1.82) is 0 Å². The molecule has 0 aromatic carbocycles. The molecule has 3 aromatic rings. The highest BCUT2D eigenvalue weighted by Gasteiger charge is 2.11. The van der Waals surface area contributed by atoms with Gasteiger partial charge in [0, 0.05) is 20.8 Å². The number of hydrogen-bond acceptors (Lipinski definition) is 3. The number of nitrogens with one attached hydrogen (secondary N) is 1. The van der Waals surface area contributed by atoms with Crippen LogP contribution >= 0.6 is 38.6 Å². The maximum absolute atomic E-state index is 4.03. The molecule has 0 unspecified atom stereocenters. The summed E-state index contributed by atoms with van der Waals surface area (Å²) >= 11 is 7.06. The van der Waals surface area contributed by atoms with E-state index < -0.39 is 0 Å². The smallest absolute Gasteiger partial charge is 0.0924 e. The monoisotopic (exact) mass is 284 g/mol. The number of rotatable bonds is 1. The Morgan fingerprint density at radius 2 is 2.07 bits per heavy atom. The number of fused-ring (bicyclic) bond motifs is 1. The summed E-state index contributed by atoms with van der Waals surface area (Å²) in [5.41, 5.74) is 2.34. The Bertz CT molecular complexity index is 565. The molecule has 1 N–H and O–H groups in total. The molecule has 0 aliphatic rings. The molecule has 0 bridgehead atoms. The number of nitrogens with zero attached hydrogens (tertiary/aromatic N) is 1. The summed E-state index contributed by atoms with van der Waals surface area (Å²) in [7, 11) is 0. The lowest BCUT2D eigenvalue weighted by atomic mass is 10.2. The minimum atomic E-state index is 1.09. The zero-order chi connectivity index (χ0) is 9.54. The Morgan fingerprint density at radius 1 is 1.21 bits per heavy atom. The van der Waals surface area contributed by atoms with Crippen molar-refractivity contribution in [2.24, 2.45) is 0 Å². The Labute approximate surface area is 96.7 Å². The van der Waals surface area contributed by atoms with Crippen molar-refractivity contribution in [3.8, 4) is 11.3 Å². The molecule has 5 heteroatoms. The first-order valence-electron chi connectivity index (χ1n) is 3.99. The van der Waals surface area contributed by atoms with Crippen LogP contribution in [0.3, 0.4) is 0 Å². The molecule has 3 rings (SSSR count). The maximum Gasteiger partial charge on any atom is 0.0924 e. The summed E-state index contributed by atoms with van der Waals surface area (Å²) < 4.78 is 3.83. The van der Waals surface area contributed by atoms with Crippen molar-refractivity contribution in [2.75, 3.05) is 0 Å². The molecule has 3 heterocycles. The average Bonchev–Trinajstić information content (AvgIpc) is 2.84. The Hall–Kier alpha value is -0.650. The third-order valence-electron chi connectivity index (χ3n) is 2.03. The largest absolute Gasteiger partial charge is 0.345 e. The molecule has 0 aliphatic carbocycles. The van der Waals surface area contributed by atoms with E-state index in [1.165, 1.54) is 19.4 Å². The standard InChI is InChI=1S/C9H5BrN2S2/c10-6-3-14-8-5(2-13-9(6)8)7-1-11-4-12-7/h1-4H,(H,11,12). The van der Waals surface area contributed by atoms with Crippen LogP contribution < -0.4 is 0 Å². The first-order valence-corrected chi connectivity index (χ1v) is 6.54. The van der Waals surface area contributed by atoms with E-state index in [2.05, 4.69) is 36.7 Å². The predicted octanol–water partition coefficient (Wildman–Crippen LogP) is 4.12. The van der Waals surface area contributed by atoms with Crippen molar-refractivity contribution in [3.63, 3.8) is 0 Å². The van der Waals surface area contributed by atoms with E-state index in [1.54, 1.807) is 29.0 Å². The van der Waals surface area contributed by atoms with Gasteiger partial charge in [-0.05, 0) is 15.9 Å². The molecular weight excluding hydrogens is 280 g/mol. The van der Waals surface area contributed by atoms with E-state index in [0.29, 0.717) is 0 Å². The zero-order valence-electron chi connectivity index (χ0n) is 6.95. The quantitative estimate of drug-likeness (QED) is 0.716. The number of imidazole rings is 1. The summed E-state index contributed by atoms with van der Waals surface area (Å²) in [6, 6.07) is 0. The highest BCUT2D eigenvalue weighted by atomic mass is 79.9. The van der Waals surface area contributed by atoms with Crippen molar-refractivity contribution in [3.05, 3.63) is 27.8 Å². The van der Waals surface area contributed by atoms with E-state index in [1.807, 2.05) is 6.20 Å². The second kappa shape index (κ2) is 3.18. The van der Waals surface area contributed by atoms with Crippen LogP contribution in [0, 0.1) is 0 Å². The van der Waals surface area contributed by atoms with E-state index in [9.17, 15) is 0 Å². The lowest BCUT2D eigenvalue weighted by Crippen LogP contribution is -1.69. The average molecular weight is 285 g/mol. The number of aromatic amines is 1. The fraction of sp³-hybridized carbons (Fsp3) is 0. The van der Waals surface area contributed by atoms with Gasteiger partial charge in [0.2, 0.25) is 0 Å². The maximum atomic E-state index is 4.03. The van der Waals surface area contributed by atoms with Crippen LogP contribution in [-0.2, 0) is 0 Å². The van der Waals surface area contributed by atoms with Crippen molar-refractivity contribution in [2.45, 2.75) is 0 Å². The van der Waals surface area contributed by atoms with Gasteiger partial charge in [0.1, 0.15) is 0 Å². The van der Waals surface area contributed by atoms with Gasteiger partial charge in [0.25, 0.3) is 0 Å². The van der Waals surface area contributed by atoms with Crippen molar-refractivity contribution < 1.29 is 0 Å². The summed E-state index contributed by atoms with van der Waals surface area (Å²) in [4.78, 5) is 7.16. The predicted molar refractivity (Wildman–Crippen MR) is 65.0 cm³/mol. The zero-order valence-corrected chi connectivity index (χ0v) is 10.2. The summed E-state index contributed by atoms with van der Waals surface area (Å²) in [6.07, 6.45) is 3.57. The second-order valence-electron chi connectivity index (χ2n) is 2.86. The number of hydrogen-bond donors (Lipinski definition) is 1. The van der Waals surface area contributed by atoms with Gasteiger partial charge in [-0.2, -0.15) is 0 Å². The first-order chi connectivity index (χ1) is 6.86. The van der Waals surface area contributed by atoms with Gasteiger partial charge in [0.15, 0.2) is 0 Å². The second-order valence-corrected chi connectivity index (χ2v) is 5.47. The minimum Gasteiger partial charge on any atom is -0.345 e. The molecule has 3 aromatic heterocycles. The SMILES string of the molecule is Brc1csc2c(-c3cnc[nH]3)csc12. The fourth-order valence-corrected chi connectivity index (χ4v) is 4.43. The summed E-state index contributed by atoms with van der Waals surface area (Å²) in [5, 5.41) is 4.29. The van der Waals surface area contributed by atoms with Crippen molar-refractivity contribution >= 4 is 48.0 Å². The molecule has 0 aliphatic heterocycles. The molecule has 0 fully saturated rings.